The van der Waals surface area contributed by atoms with Gasteiger partial charge in [-0.05, 0) is 42.5 Å². The van der Waals surface area contributed by atoms with Crippen LogP contribution in [0.1, 0.15) is 5.69 Å². The number of halogens is 1. The van der Waals surface area contributed by atoms with Crippen molar-refractivity contribution in [3.63, 3.8) is 0 Å². The molecular formula is C20H17FN2O4S. The van der Waals surface area contributed by atoms with Crippen molar-refractivity contribution in [3.8, 4) is 22.8 Å². The quantitative estimate of drug-likeness (QED) is 0.637. The number of nitrogens with one attached hydrogen (secondary N) is 1. The molecule has 1 aliphatic heterocycles. The number of benzene rings is 2. The van der Waals surface area contributed by atoms with Crippen molar-refractivity contribution in [3.05, 3.63) is 60.0 Å². The van der Waals surface area contributed by atoms with Crippen LogP contribution >= 0.6 is 11.8 Å². The largest absolute Gasteiger partial charge is 0.486 e. The normalized spacial score (nSPS) is 12.6. The second kappa shape index (κ2) is 8.35. The summed E-state index contributed by atoms with van der Waals surface area (Å²) in [6, 6.07) is 13.4. The zero-order valence-corrected chi connectivity index (χ0v) is 15.6. The predicted molar refractivity (Wildman–Crippen MR) is 102 cm³/mol. The Hall–Kier alpha value is -3.00. The van der Waals surface area contributed by atoms with Gasteiger partial charge in [0.2, 0.25) is 5.91 Å². The van der Waals surface area contributed by atoms with E-state index in [9.17, 15) is 9.18 Å². The number of carbonyl (C=O) groups is 1. The lowest BCUT2D eigenvalue weighted by molar-refractivity contribution is -0.118. The topological polar surface area (TPSA) is 73.6 Å². The second-order valence-corrected chi connectivity index (χ2v) is 7.11. The van der Waals surface area contributed by atoms with Gasteiger partial charge in [0, 0.05) is 16.5 Å². The third kappa shape index (κ3) is 4.45. The van der Waals surface area contributed by atoms with Crippen molar-refractivity contribution in [2.45, 2.75) is 11.4 Å². The minimum Gasteiger partial charge on any atom is -0.486 e. The molecular weight excluding hydrogens is 383 g/mol. The van der Waals surface area contributed by atoms with E-state index in [0.29, 0.717) is 36.2 Å². The van der Waals surface area contributed by atoms with Gasteiger partial charge in [-0.25, -0.2) is 4.39 Å². The van der Waals surface area contributed by atoms with E-state index in [4.69, 9.17) is 14.0 Å². The van der Waals surface area contributed by atoms with Crippen LogP contribution in [0.15, 0.2) is 57.9 Å². The Morgan fingerprint density at radius 1 is 1.07 bits per heavy atom. The maximum absolute atomic E-state index is 12.9. The number of rotatable bonds is 6. The van der Waals surface area contributed by atoms with E-state index in [1.807, 2.05) is 18.2 Å². The van der Waals surface area contributed by atoms with Gasteiger partial charge < -0.3 is 19.3 Å². The molecule has 0 unspecified atom stereocenters. The lowest BCUT2D eigenvalue weighted by Crippen LogP contribution is -2.24. The number of fused-ring (bicyclic) bond motifs is 1. The molecule has 2 heterocycles. The van der Waals surface area contributed by atoms with E-state index in [1.165, 1.54) is 23.9 Å². The molecule has 144 valence electrons. The Kier molecular flexibility index (Phi) is 5.48. The van der Waals surface area contributed by atoms with Gasteiger partial charge in [-0.3, -0.25) is 4.79 Å². The molecule has 0 atom stereocenters. The van der Waals surface area contributed by atoms with E-state index in [1.54, 1.807) is 18.2 Å². The number of hydrogen-bond acceptors (Lipinski definition) is 6. The Morgan fingerprint density at radius 2 is 1.86 bits per heavy atom. The number of thioether (sulfide) groups is 1. The molecule has 3 aromatic rings. The number of hydrogen-bond donors (Lipinski definition) is 1. The van der Waals surface area contributed by atoms with Crippen LogP contribution in [-0.2, 0) is 11.3 Å². The highest BCUT2D eigenvalue weighted by Gasteiger charge is 2.15. The second-order valence-electron chi connectivity index (χ2n) is 6.06. The van der Waals surface area contributed by atoms with Gasteiger partial charge in [0.15, 0.2) is 17.3 Å². The van der Waals surface area contributed by atoms with Crippen LogP contribution in [0.25, 0.3) is 11.3 Å². The van der Waals surface area contributed by atoms with E-state index < -0.39 is 0 Å². The summed E-state index contributed by atoms with van der Waals surface area (Å²) in [5.74, 6) is 1.76. The van der Waals surface area contributed by atoms with Gasteiger partial charge in [0.05, 0.1) is 12.3 Å². The molecule has 2 aromatic carbocycles. The summed E-state index contributed by atoms with van der Waals surface area (Å²) < 4.78 is 29.3. The standard InChI is InChI=1S/C20H17FN2O4S/c21-14-2-4-16(5-3-14)28-12-20(24)22-11-15-10-18(27-23-15)13-1-6-17-19(9-13)26-8-7-25-17/h1-6,9-10H,7-8,11-12H2,(H,22,24). The predicted octanol–water partition coefficient (Wildman–Crippen LogP) is 3.66. The maximum Gasteiger partial charge on any atom is 0.230 e. The molecule has 4 rings (SSSR count). The van der Waals surface area contributed by atoms with Crippen LogP contribution < -0.4 is 14.8 Å². The Balaban J connectivity index is 1.31. The average molecular weight is 400 g/mol. The van der Waals surface area contributed by atoms with Gasteiger partial charge in [-0.2, -0.15) is 0 Å². The van der Waals surface area contributed by atoms with Crippen LogP contribution in [0, 0.1) is 5.82 Å². The van der Waals surface area contributed by atoms with Gasteiger partial charge in [0.1, 0.15) is 24.7 Å². The van der Waals surface area contributed by atoms with Crippen LogP contribution in [0.5, 0.6) is 11.5 Å². The minimum absolute atomic E-state index is 0.141. The summed E-state index contributed by atoms with van der Waals surface area (Å²) in [4.78, 5) is 12.8. The molecule has 0 saturated heterocycles. The smallest absolute Gasteiger partial charge is 0.230 e. The summed E-state index contributed by atoms with van der Waals surface area (Å²) in [7, 11) is 0. The average Bonchev–Trinajstić information content (AvgIpc) is 3.20. The highest BCUT2D eigenvalue weighted by molar-refractivity contribution is 8.00. The van der Waals surface area contributed by atoms with Crippen molar-refractivity contribution in [2.75, 3.05) is 19.0 Å². The molecule has 0 saturated carbocycles. The molecule has 0 aliphatic carbocycles. The third-order valence-corrected chi connectivity index (χ3v) is 5.05. The fourth-order valence-corrected chi connectivity index (χ4v) is 3.38. The molecule has 8 heteroatoms. The lowest BCUT2D eigenvalue weighted by atomic mass is 10.1. The Morgan fingerprint density at radius 3 is 2.68 bits per heavy atom. The van der Waals surface area contributed by atoms with E-state index >= 15 is 0 Å². The van der Waals surface area contributed by atoms with Crippen LogP contribution in [0.2, 0.25) is 0 Å². The van der Waals surface area contributed by atoms with E-state index in [2.05, 4.69) is 10.5 Å². The first-order chi connectivity index (χ1) is 13.7. The van der Waals surface area contributed by atoms with Crippen molar-refractivity contribution < 1.29 is 23.2 Å². The van der Waals surface area contributed by atoms with Gasteiger partial charge >= 0.3 is 0 Å². The number of ether oxygens (including phenoxy) is 2. The molecule has 1 aliphatic rings. The molecule has 0 bridgehead atoms. The first-order valence-corrected chi connectivity index (χ1v) is 9.66. The molecule has 1 amide bonds. The summed E-state index contributed by atoms with van der Waals surface area (Å²) >= 11 is 1.34. The van der Waals surface area contributed by atoms with E-state index in [0.717, 1.165) is 10.5 Å². The van der Waals surface area contributed by atoms with Crippen LogP contribution in [-0.4, -0.2) is 30.0 Å². The van der Waals surface area contributed by atoms with Crippen molar-refractivity contribution >= 4 is 17.7 Å². The van der Waals surface area contributed by atoms with Gasteiger partial charge in [-0.1, -0.05) is 5.16 Å². The summed E-state index contributed by atoms with van der Waals surface area (Å²) in [5, 5.41) is 6.79. The van der Waals surface area contributed by atoms with Gasteiger partial charge in [0.25, 0.3) is 0 Å². The summed E-state index contributed by atoms with van der Waals surface area (Å²) in [6.07, 6.45) is 0. The number of nitrogens with zero attached hydrogens (tertiary/aromatic N) is 1. The van der Waals surface area contributed by atoms with Crippen molar-refractivity contribution in [1.29, 1.82) is 0 Å². The number of amides is 1. The first-order valence-electron chi connectivity index (χ1n) is 8.68. The SMILES string of the molecule is O=C(CSc1ccc(F)cc1)NCc1cc(-c2ccc3c(c2)OCCO3)on1. The highest BCUT2D eigenvalue weighted by atomic mass is 32.2. The van der Waals surface area contributed by atoms with Crippen LogP contribution in [0.4, 0.5) is 4.39 Å². The van der Waals surface area contributed by atoms with Crippen molar-refractivity contribution in [1.82, 2.24) is 10.5 Å². The van der Waals surface area contributed by atoms with Crippen LogP contribution in [0.3, 0.4) is 0 Å². The number of carbonyl (C=O) groups excluding carboxylic acids is 1. The fourth-order valence-electron chi connectivity index (χ4n) is 2.65. The minimum atomic E-state index is -0.298. The molecule has 0 radical (unpaired) electrons. The molecule has 6 nitrogen and oxygen atoms in total. The lowest BCUT2D eigenvalue weighted by Gasteiger charge is -2.18. The monoisotopic (exact) mass is 400 g/mol. The molecule has 1 N–H and O–H groups in total. The third-order valence-electron chi connectivity index (χ3n) is 4.04. The van der Waals surface area contributed by atoms with Gasteiger partial charge in [-0.15, -0.1) is 11.8 Å². The highest BCUT2D eigenvalue weighted by Crippen LogP contribution is 2.34. The zero-order valence-electron chi connectivity index (χ0n) is 14.8. The zero-order chi connectivity index (χ0) is 19.3. The fraction of sp³-hybridized carbons (Fsp3) is 0.200. The van der Waals surface area contributed by atoms with E-state index in [-0.39, 0.29) is 24.0 Å². The summed E-state index contributed by atoms with van der Waals surface area (Å²) in [6.45, 7) is 1.31. The first kappa shape index (κ1) is 18.4. The Bertz CT molecular complexity index is 975. The van der Waals surface area contributed by atoms with Crippen molar-refractivity contribution in [2.24, 2.45) is 0 Å². The Labute approximate surface area is 165 Å². The molecule has 28 heavy (non-hydrogen) atoms. The summed E-state index contributed by atoms with van der Waals surface area (Å²) in [5.41, 5.74) is 1.44. The number of aromatic nitrogens is 1. The molecule has 0 fully saturated rings. The molecule has 0 spiro atoms. The maximum atomic E-state index is 12.9. The molecule has 1 aromatic heterocycles.